The summed E-state index contributed by atoms with van der Waals surface area (Å²) in [6.45, 7) is -0.360. The quantitative estimate of drug-likeness (QED) is 0.719. The van der Waals surface area contributed by atoms with Gasteiger partial charge in [-0.2, -0.15) is 0 Å². The SMILES string of the molecule is O=c1n([C@H]2C[C@@H](O)[C@H](CO)O2)ccc(=S)n1F. The summed E-state index contributed by atoms with van der Waals surface area (Å²) in [6, 6.07) is 1.25. The van der Waals surface area contributed by atoms with Crippen LogP contribution in [0, 0.1) is 4.64 Å². The Kier molecular flexibility index (Phi) is 3.38. The molecule has 1 saturated heterocycles. The smallest absolute Gasteiger partial charge is 0.359 e. The van der Waals surface area contributed by atoms with Crippen LogP contribution in [0.4, 0.5) is 4.48 Å². The van der Waals surface area contributed by atoms with E-state index in [4.69, 9.17) is 9.84 Å². The van der Waals surface area contributed by atoms with Gasteiger partial charge in [0.25, 0.3) is 0 Å². The Morgan fingerprint density at radius 3 is 2.94 bits per heavy atom. The van der Waals surface area contributed by atoms with Crippen LogP contribution in [0.15, 0.2) is 17.1 Å². The molecule has 2 N–H and O–H groups in total. The minimum Gasteiger partial charge on any atom is -0.394 e. The summed E-state index contributed by atoms with van der Waals surface area (Å²) in [6.07, 6.45) is -1.02. The minimum atomic E-state index is -0.965. The van der Waals surface area contributed by atoms with Crippen LogP contribution >= 0.6 is 12.2 Å². The molecule has 0 aliphatic carbocycles. The van der Waals surface area contributed by atoms with Crippen molar-refractivity contribution in [2.75, 3.05) is 6.61 Å². The van der Waals surface area contributed by atoms with E-state index in [0.29, 0.717) is 0 Å². The van der Waals surface area contributed by atoms with Gasteiger partial charge in [0.15, 0.2) is 0 Å². The van der Waals surface area contributed by atoms with Crippen molar-refractivity contribution in [1.82, 2.24) is 9.36 Å². The molecule has 1 aliphatic rings. The van der Waals surface area contributed by atoms with Crippen molar-refractivity contribution < 1.29 is 19.4 Å². The van der Waals surface area contributed by atoms with Gasteiger partial charge in [0.05, 0.1) is 12.7 Å². The lowest BCUT2D eigenvalue weighted by molar-refractivity contribution is -0.0469. The van der Waals surface area contributed by atoms with Gasteiger partial charge in [0, 0.05) is 12.6 Å². The number of rotatable bonds is 2. The molecule has 0 amide bonds. The Labute approximate surface area is 100 Å². The van der Waals surface area contributed by atoms with Crippen molar-refractivity contribution in [2.24, 2.45) is 0 Å². The first kappa shape index (κ1) is 12.4. The average molecular weight is 262 g/mol. The summed E-state index contributed by atoms with van der Waals surface area (Å²) in [4.78, 5) is 11.4. The molecule has 0 saturated carbocycles. The molecule has 1 aliphatic heterocycles. The fourth-order valence-electron chi connectivity index (χ4n) is 1.74. The zero-order chi connectivity index (χ0) is 12.6. The molecular weight excluding hydrogens is 251 g/mol. The van der Waals surface area contributed by atoms with Crippen LogP contribution in [0.2, 0.25) is 0 Å². The van der Waals surface area contributed by atoms with Gasteiger partial charge >= 0.3 is 5.69 Å². The lowest BCUT2D eigenvalue weighted by Crippen LogP contribution is -2.30. The molecule has 6 nitrogen and oxygen atoms in total. The highest BCUT2D eigenvalue weighted by molar-refractivity contribution is 7.71. The standard InChI is InChI=1S/C9H11FN2O4S/c10-12-8(17)1-2-11(9(12)15)7-3-5(14)6(4-13)16-7/h1-2,5-7,13-14H,3-4H2/t5-,6+,7-/m1/s1. The average Bonchev–Trinajstić information content (AvgIpc) is 2.67. The van der Waals surface area contributed by atoms with E-state index in [1.54, 1.807) is 0 Å². The van der Waals surface area contributed by atoms with E-state index >= 15 is 0 Å². The molecule has 8 heteroatoms. The number of ether oxygens (including phenoxy) is 1. The number of aromatic nitrogens is 2. The molecule has 2 rings (SSSR count). The molecular formula is C9H11FN2O4S. The van der Waals surface area contributed by atoms with Gasteiger partial charge < -0.3 is 14.9 Å². The van der Waals surface area contributed by atoms with Crippen LogP contribution in [-0.4, -0.2) is 38.4 Å². The maximum atomic E-state index is 13.2. The van der Waals surface area contributed by atoms with Gasteiger partial charge in [-0.15, -0.1) is 4.79 Å². The molecule has 0 aromatic carbocycles. The molecule has 0 unspecified atom stereocenters. The predicted molar refractivity (Wildman–Crippen MR) is 57.7 cm³/mol. The fraction of sp³-hybridized carbons (Fsp3) is 0.556. The zero-order valence-corrected chi connectivity index (χ0v) is 9.51. The second-order valence-corrected chi connectivity index (χ2v) is 4.16. The van der Waals surface area contributed by atoms with Gasteiger partial charge in [-0.3, -0.25) is 4.57 Å². The summed E-state index contributed by atoms with van der Waals surface area (Å²) in [5.41, 5.74) is -0.965. The molecule has 1 fully saturated rings. The van der Waals surface area contributed by atoms with Gasteiger partial charge in [0.2, 0.25) is 0 Å². The van der Waals surface area contributed by atoms with Crippen LogP contribution in [0.5, 0.6) is 0 Å². The van der Waals surface area contributed by atoms with Crippen LogP contribution in [-0.2, 0) is 4.74 Å². The van der Waals surface area contributed by atoms with E-state index in [1.165, 1.54) is 12.3 Å². The molecule has 94 valence electrons. The lowest BCUT2D eigenvalue weighted by Gasteiger charge is -2.14. The summed E-state index contributed by atoms with van der Waals surface area (Å²) in [5.74, 6) is 0. The van der Waals surface area contributed by atoms with Crippen molar-refractivity contribution in [3.8, 4) is 0 Å². The summed E-state index contributed by atoms with van der Waals surface area (Å²) in [5, 5.41) is 18.4. The summed E-state index contributed by atoms with van der Waals surface area (Å²) in [7, 11) is 0. The number of halogens is 1. The second kappa shape index (κ2) is 4.65. The number of aliphatic hydroxyl groups excluding tert-OH is 2. The van der Waals surface area contributed by atoms with E-state index in [-0.39, 0.29) is 22.5 Å². The monoisotopic (exact) mass is 262 g/mol. The molecule has 1 aromatic heterocycles. The topological polar surface area (TPSA) is 76.6 Å². The fourth-order valence-corrected chi connectivity index (χ4v) is 1.88. The van der Waals surface area contributed by atoms with Crippen LogP contribution in [0.25, 0.3) is 0 Å². The van der Waals surface area contributed by atoms with Crippen LogP contribution < -0.4 is 5.69 Å². The first-order valence-electron chi connectivity index (χ1n) is 4.99. The van der Waals surface area contributed by atoms with Gasteiger partial charge in [0.1, 0.15) is 17.0 Å². The van der Waals surface area contributed by atoms with E-state index < -0.39 is 24.1 Å². The zero-order valence-electron chi connectivity index (χ0n) is 8.69. The predicted octanol–water partition coefficient (Wildman–Crippen LogP) is -0.247. The number of nitrogens with zero attached hydrogens (tertiary/aromatic N) is 2. The van der Waals surface area contributed by atoms with Crippen LogP contribution in [0.3, 0.4) is 0 Å². The third-order valence-corrected chi connectivity index (χ3v) is 2.95. The minimum absolute atomic E-state index is 0.113. The van der Waals surface area contributed by atoms with E-state index in [2.05, 4.69) is 12.2 Å². The lowest BCUT2D eigenvalue weighted by atomic mass is 10.2. The van der Waals surface area contributed by atoms with Crippen molar-refractivity contribution >= 4 is 12.2 Å². The van der Waals surface area contributed by atoms with E-state index in [9.17, 15) is 14.4 Å². The van der Waals surface area contributed by atoms with Gasteiger partial charge in [-0.1, -0.05) is 16.7 Å². The number of hydrogen-bond donors (Lipinski definition) is 2. The number of hydrogen-bond acceptors (Lipinski definition) is 5. The van der Waals surface area contributed by atoms with Gasteiger partial charge in [-0.25, -0.2) is 4.79 Å². The highest BCUT2D eigenvalue weighted by atomic mass is 32.1. The Hall–Kier alpha value is -1.09. The molecule has 3 atom stereocenters. The maximum absolute atomic E-state index is 13.2. The third-order valence-electron chi connectivity index (χ3n) is 2.65. The molecule has 2 heterocycles. The Balaban J connectivity index is 2.34. The Bertz CT molecular complexity index is 528. The maximum Gasteiger partial charge on any atom is 0.359 e. The molecule has 0 bridgehead atoms. The van der Waals surface area contributed by atoms with Crippen LogP contribution in [0.1, 0.15) is 12.6 Å². The molecule has 0 spiro atoms. The van der Waals surface area contributed by atoms with Crippen molar-refractivity contribution in [3.63, 3.8) is 0 Å². The highest BCUT2D eigenvalue weighted by Crippen LogP contribution is 2.27. The second-order valence-electron chi connectivity index (χ2n) is 3.74. The summed E-state index contributed by atoms with van der Waals surface area (Å²) < 4.78 is 19.2. The molecule has 1 aromatic rings. The first-order valence-corrected chi connectivity index (χ1v) is 5.40. The highest BCUT2D eigenvalue weighted by Gasteiger charge is 2.35. The Morgan fingerprint density at radius 1 is 1.65 bits per heavy atom. The molecule has 17 heavy (non-hydrogen) atoms. The van der Waals surface area contributed by atoms with Crippen molar-refractivity contribution in [1.29, 1.82) is 0 Å². The van der Waals surface area contributed by atoms with Crippen molar-refractivity contribution in [3.05, 3.63) is 27.4 Å². The Morgan fingerprint density at radius 2 is 2.35 bits per heavy atom. The number of aliphatic hydroxyl groups is 2. The van der Waals surface area contributed by atoms with E-state index in [0.717, 1.165) is 4.57 Å². The summed E-state index contributed by atoms with van der Waals surface area (Å²) >= 11 is 4.59. The third kappa shape index (κ3) is 2.16. The van der Waals surface area contributed by atoms with Gasteiger partial charge in [-0.05, 0) is 6.07 Å². The normalized spacial score (nSPS) is 28.5. The van der Waals surface area contributed by atoms with E-state index in [1.807, 2.05) is 0 Å². The first-order chi connectivity index (χ1) is 8.04. The van der Waals surface area contributed by atoms with Crippen molar-refractivity contribution in [2.45, 2.75) is 24.9 Å². The largest absolute Gasteiger partial charge is 0.394 e. The molecule has 0 radical (unpaired) electrons.